The van der Waals surface area contributed by atoms with Crippen molar-refractivity contribution in [2.75, 3.05) is 13.1 Å². The molecule has 3 rings (SSSR count). The molecular formula is C17H25NO3. The largest absolute Gasteiger partial charge is 0.508 e. The maximum absolute atomic E-state index is 9.73. The fraction of sp³-hybridized carbons (Fsp3) is 0.647. The van der Waals surface area contributed by atoms with Crippen LogP contribution in [0.25, 0.3) is 0 Å². The maximum atomic E-state index is 9.73. The SMILES string of the molecule is C[C@@H]1CN(C2CC(C)(C)Oc3cc(O)ccc32)C[C@H](C)O1. The third-order valence-corrected chi connectivity index (χ3v) is 4.32. The zero-order chi connectivity index (χ0) is 15.2. The topological polar surface area (TPSA) is 41.9 Å². The lowest BCUT2D eigenvalue weighted by atomic mass is 9.88. The second-order valence-electron chi connectivity index (χ2n) is 7.02. The summed E-state index contributed by atoms with van der Waals surface area (Å²) in [6.07, 6.45) is 1.45. The van der Waals surface area contributed by atoms with Crippen LogP contribution < -0.4 is 4.74 Å². The van der Waals surface area contributed by atoms with Gasteiger partial charge in [0.1, 0.15) is 17.1 Å². The average molecular weight is 291 g/mol. The molecule has 116 valence electrons. The molecule has 3 atom stereocenters. The van der Waals surface area contributed by atoms with Gasteiger partial charge in [0.25, 0.3) is 0 Å². The van der Waals surface area contributed by atoms with Crippen molar-refractivity contribution in [3.63, 3.8) is 0 Å². The van der Waals surface area contributed by atoms with Crippen molar-refractivity contribution in [1.82, 2.24) is 4.90 Å². The molecule has 0 aliphatic carbocycles. The Labute approximate surface area is 126 Å². The molecule has 1 aromatic rings. The van der Waals surface area contributed by atoms with E-state index in [1.165, 1.54) is 5.56 Å². The Morgan fingerprint density at radius 1 is 1.19 bits per heavy atom. The molecule has 0 radical (unpaired) electrons. The van der Waals surface area contributed by atoms with Crippen LogP contribution in [0.15, 0.2) is 18.2 Å². The highest BCUT2D eigenvalue weighted by molar-refractivity contribution is 5.44. The van der Waals surface area contributed by atoms with Gasteiger partial charge >= 0.3 is 0 Å². The van der Waals surface area contributed by atoms with Gasteiger partial charge < -0.3 is 14.6 Å². The van der Waals surface area contributed by atoms with Crippen LogP contribution in [0.5, 0.6) is 11.5 Å². The fourth-order valence-electron chi connectivity index (χ4n) is 3.60. The van der Waals surface area contributed by atoms with Gasteiger partial charge in [-0.1, -0.05) is 6.07 Å². The van der Waals surface area contributed by atoms with Gasteiger partial charge in [-0.2, -0.15) is 0 Å². The first kappa shape index (κ1) is 14.7. The third-order valence-electron chi connectivity index (χ3n) is 4.32. The first-order valence-electron chi connectivity index (χ1n) is 7.75. The molecule has 1 aromatic carbocycles. The number of aromatic hydroxyl groups is 1. The Morgan fingerprint density at radius 3 is 2.52 bits per heavy atom. The van der Waals surface area contributed by atoms with Crippen molar-refractivity contribution in [3.8, 4) is 11.5 Å². The van der Waals surface area contributed by atoms with Crippen molar-refractivity contribution in [2.24, 2.45) is 0 Å². The van der Waals surface area contributed by atoms with E-state index in [1.807, 2.05) is 6.07 Å². The lowest BCUT2D eigenvalue weighted by molar-refractivity contribution is -0.0927. The summed E-state index contributed by atoms with van der Waals surface area (Å²) in [5.41, 5.74) is 0.949. The van der Waals surface area contributed by atoms with Gasteiger partial charge in [0, 0.05) is 37.2 Å². The van der Waals surface area contributed by atoms with Crippen LogP contribution in [0.4, 0.5) is 0 Å². The minimum atomic E-state index is -0.226. The summed E-state index contributed by atoms with van der Waals surface area (Å²) in [4.78, 5) is 2.50. The zero-order valence-corrected chi connectivity index (χ0v) is 13.3. The summed E-state index contributed by atoms with van der Waals surface area (Å²) in [6.45, 7) is 10.4. The van der Waals surface area contributed by atoms with E-state index >= 15 is 0 Å². The van der Waals surface area contributed by atoms with Gasteiger partial charge in [0.05, 0.1) is 12.2 Å². The van der Waals surface area contributed by atoms with Gasteiger partial charge in [-0.05, 0) is 33.8 Å². The van der Waals surface area contributed by atoms with E-state index in [9.17, 15) is 5.11 Å². The molecule has 1 unspecified atom stereocenters. The summed E-state index contributed by atoms with van der Waals surface area (Å²) < 4.78 is 11.9. The van der Waals surface area contributed by atoms with Crippen molar-refractivity contribution in [3.05, 3.63) is 23.8 Å². The molecule has 0 amide bonds. The number of phenolic OH excluding ortho intramolecular Hbond substituents is 1. The van der Waals surface area contributed by atoms with Crippen molar-refractivity contribution < 1.29 is 14.6 Å². The van der Waals surface area contributed by atoms with Crippen molar-refractivity contribution >= 4 is 0 Å². The molecule has 2 aliphatic rings. The number of fused-ring (bicyclic) bond motifs is 1. The second-order valence-corrected chi connectivity index (χ2v) is 7.02. The van der Waals surface area contributed by atoms with Crippen molar-refractivity contribution in [2.45, 2.75) is 58.0 Å². The maximum Gasteiger partial charge on any atom is 0.128 e. The summed E-state index contributed by atoms with van der Waals surface area (Å²) in [6, 6.07) is 5.80. The Bertz CT molecular complexity index is 519. The zero-order valence-electron chi connectivity index (χ0n) is 13.3. The molecule has 1 saturated heterocycles. The summed E-state index contributed by atoms with van der Waals surface area (Å²) >= 11 is 0. The van der Waals surface area contributed by atoms with Gasteiger partial charge in [-0.3, -0.25) is 4.90 Å². The molecule has 4 heteroatoms. The quantitative estimate of drug-likeness (QED) is 0.863. The van der Waals surface area contributed by atoms with Gasteiger partial charge in [-0.15, -0.1) is 0 Å². The van der Waals surface area contributed by atoms with Crippen LogP contribution in [0.1, 0.15) is 45.7 Å². The molecule has 0 spiro atoms. The van der Waals surface area contributed by atoms with E-state index in [2.05, 4.69) is 32.6 Å². The number of ether oxygens (including phenoxy) is 2. The summed E-state index contributed by atoms with van der Waals surface area (Å²) in [5, 5.41) is 9.73. The molecule has 21 heavy (non-hydrogen) atoms. The molecule has 2 aliphatic heterocycles. The minimum Gasteiger partial charge on any atom is -0.508 e. The smallest absolute Gasteiger partial charge is 0.128 e. The average Bonchev–Trinajstić information content (AvgIpc) is 2.34. The number of hydrogen-bond acceptors (Lipinski definition) is 4. The number of rotatable bonds is 1. The molecule has 4 nitrogen and oxygen atoms in total. The number of phenols is 1. The molecule has 0 aromatic heterocycles. The molecule has 0 bridgehead atoms. The monoisotopic (exact) mass is 291 g/mol. The van der Waals surface area contributed by atoms with E-state index in [0.717, 1.165) is 25.3 Å². The summed E-state index contributed by atoms with van der Waals surface area (Å²) in [7, 11) is 0. The number of benzene rings is 1. The molecule has 1 N–H and O–H groups in total. The minimum absolute atomic E-state index is 0.226. The normalized spacial score (nSPS) is 32.3. The molecular weight excluding hydrogens is 266 g/mol. The van der Waals surface area contributed by atoms with E-state index in [0.29, 0.717) is 6.04 Å². The molecule has 1 fully saturated rings. The Morgan fingerprint density at radius 2 is 1.86 bits per heavy atom. The fourth-order valence-corrected chi connectivity index (χ4v) is 3.60. The van der Waals surface area contributed by atoms with Gasteiger partial charge in [0.15, 0.2) is 0 Å². The highest BCUT2D eigenvalue weighted by Crippen LogP contribution is 2.44. The number of morpholine rings is 1. The number of nitrogens with zero attached hydrogens (tertiary/aromatic N) is 1. The lowest BCUT2D eigenvalue weighted by Crippen LogP contribution is -2.50. The van der Waals surface area contributed by atoms with Crippen LogP contribution in [0, 0.1) is 0 Å². The van der Waals surface area contributed by atoms with Crippen molar-refractivity contribution in [1.29, 1.82) is 0 Å². The lowest BCUT2D eigenvalue weighted by Gasteiger charge is -2.46. The first-order valence-corrected chi connectivity index (χ1v) is 7.75. The van der Waals surface area contributed by atoms with Gasteiger partial charge in [0.2, 0.25) is 0 Å². The van der Waals surface area contributed by atoms with Crippen LogP contribution in [0.3, 0.4) is 0 Å². The third kappa shape index (κ3) is 3.01. The second kappa shape index (κ2) is 5.18. The van der Waals surface area contributed by atoms with E-state index in [-0.39, 0.29) is 23.6 Å². The predicted octanol–water partition coefficient (Wildman–Crippen LogP) is 3.10. The predicted molar refractivity (Wildman–Crippen MR) is 81.8 cm³/mol. The van der Waals surface area contributed by atoms with E-state index in [1.54, 1.807) is 12.1 Å². The van der Waals surface area contributed by atoms with E-state index in [4.69, 9.17) is 9.47 Å². The molecule has 0 saturated carbocycles. The van der Waals surface area contributed by atoms with Gasteiger partial charge in [-0.25, -0.2) is 0 Å². The standard InChI is InChI=1S/C17H25NO3/c1-11-9-18(10-12(2)20-11)15-8-17(3,4)21-16-7-13(19)5-6-14(15)16/h5-7,11-12,15,19H,8-10H2,1-4H3/t11-,12+,15?. The van der Waals surface area contributed by atoms with Crippen LogP contribution in [0.2, 0.25) is 0 Å². The number of hydrogen-bond donors (Lipinski definition) is 1. The van der Waals surface area contributed by atoms with Crippen LogP contribution in [-0.2, 0) is 4.74 Å². The van der Waals surface area contributed by atoms with Crippen LogP contribution in [-0.4, -0.2) is 40.9 Å². The highest BCUT2D eigenvalue weighted by Gasteiger charge is 2.39. The van der Waals surface area contributed by atoms with Crippen LogP contribution >= 0.6 is 0 Å². The highest BCUT2D eigenvalue weighted by atomic mass is 16.5. The Balaban J connectivity index is 1.94. The Hall–Kier alpha value is -1.26. The molecule has 2 heterocycles. The summed E-state index contributed by atoms with van der Waals surface area (Å²) in [5.74, 6) is 1.07. The first-order chi connectivity index (χ1) is 9.84. The van der Waals surface area contributed by atoms with E-state index < -0.39 is 0 Å². The Kier molecular flexibility index (Phi) is 3.62.